The van der Waals surface area contributed by atoms with Crippen LogP contribution in [0.3, 0.4) is 0 Å². The van der Waals surface area contributed by atoms with E-state index in [2.05, 4.69) is 23.9 Å². The van der Waals surface area contributed by atoms with Crippen molar-refractivity contribution >= 4 is 15.7 Å². The van der Waals surface area contributed by atoms with Gasteiger partial charge in [0.05, 0.1) is 5.69 Å². The van der Waals surface area contributed by atoms with Crippen LogP contribution in [-0.2, 0) is 10.0 Å². The van der Waals surface area contributed by atoms with Crippen LogP contribution in [0.1, 0.15) is 33.1 Å². The van der Waals surface area contributed by atoms with Crippen molar-refractivity contribution in [1.29, 1.82) is 0 Å². The van der Waals surface area contributed by atoms with E-state index in [9.17, 15) is 8.42 Å². The van der Waals surface area contributed by atoms with Crippen molar-refractivity contribution < 1.29 is 8.42 Å². The second-order valence-electron chi connectivity index (χ2n) is 5.78. The fourth-order valence-electron chi connectivity index (χ4n) is 2.71. The molecule has 1 saturated carbocycles. The fraction of sp³-hybridized carbons (Fsp3) is 0.571. The van der Waals surface area contributed by atoms with Crippen molar-refractivity contribution in [1.82, 2.24) is 4.72 Å². The maximum absolute atomic E-state index is 12.0. The predicted octanol–water partition coefficient (Wildman–Crippen LogP) is 2.59. The third kappa shape index (κ3) is 2.92. The number of nitrogens with one attached hydrogen (secondary N) is 2. The van der Waals surface area contributed by atoms with Crippen LogP contribution >= 0.6 is 0 Å². The molecular formula is C14H22N2O2S. The van der Waals surface area contributed by atoms with Gasteiger partial charge in [-0.15, -0.1) is 0 Å². The van der Waals surface area contributed by atoms with Gasteiger partial charge in [0, 0.05) is 6.04 Å². The van der Waals surface area contributed by atoms with Crippen LogP contribution in [0.4, 0.5) is 5.69 Å². The number of rotatable bonds is 4. The first-order valence-electron chi connectivity index (χ1n) is 6.66. The van der Waals surface area contributed by atoms with Crippen LogP contribution < -0.4 is 10.0 Å². The molecule has 1 aromatic rings. The van der Waals surface area contributed by atoms with Crippen molar-refractivity contribution in [2.75, 3.05) is 12.4 Å². The molecule has 0 amide bonds. The Morgan fingerprint density at radius 2 is 1.95 bits per heavy atom. The molecule has 0 saturated heterocycles. The minimum absolute atomic E-state index is 0.205. The lowest BCUT2D eigenvalue weighted by Gasteiger charge is -2.29. The van der Waals surface area contributed by atoms with Gasteiger partial charge in [0.1, 0.15) is 4.90 Å². The second-order valence-corrected chi connectivity index (χ2v) is 7.64. The molecule has 5 heteroatoms. The molecule has 1 fully saturated rings. The number of benzene rings is 1. The molecule has 1 aromatic carbocycles. The largest absolute Gasteiger partial charge is 0.381 e. The van der Waals surface area contributed by atoms with Gasteiger partial charge in [0.2, 0.25) is 10.0 Å². The van der Waals surface area contributed by atoms with Crippen LogP contribution in [0.15, 0.2) is 29.2 Å². The highest BCUT2D eigenvalue weighted by Gasteiger charge is 2.35. The molecule has 19 heavy (non-hydrogen) atoms. The van der Waals surface area contributed by atoms with Gasteiger partial charge in [-0.05, 0) is 37.4 Å². The first-order valence-corrected chi connectivity index (χ1v) is 8.14. The Kier molecular flexibility index (Phi) is 3.87. The Morgan fingerprint density at radius 3 is 2.53 bits per heavy atom. The molecule has 0 aliphatic heterocycles. The molecule has 4 nitrogen and oxygen atoms in total. The summed E-state index contributed by atoms with van der Waals surface area (Å²) in [6, 6.07) is 7.39. The van der Waals surface area contributed by atoms with E-state index in [4.69, 9.17) is 0 Å². The monoisotopic (exact) mass is 282 g/mol. The smallest absolute Gasteiger partial charge is 0.242 e. The van der Waals surface area contributed by atoms with Crippen LogP contribution in [-0.4, -0.2) is 21.5 Å². The highest BCUT2D eigenvalue weighted by Crippen LogP contribution is 2.39. The lowest BCUT2D eigenvalue weighted by molar-refractivity contribution is 0.349. The maximum atomic E-state index is 12.0. The van der Waals surface area contributed by atoms with Crippen molar-refractivity contribution in [2.24, 2.45) is 5.41 Å². The molecule has 0 radical (unpaired) electrons. The first-order chi connectivity index (χ1) is 8.87. The number of anilines is 1. The van der Waals surface area contributed by atoms with Gasteiger partial charge in [0.25, 0.3) is 0 Å². The van der Waals surface area contributed by atoms with Gasteiger partial charge < -0.3 is 5.32 Å². The quantitative estimate of drug-likeness (QED) is 0.892. The summed E-state index contributed by atoms with van der Waals surface area (Å²) in [5.41, 5.74) is 0.896. The summed E-state index contributed by atoms with van der Waals surface area (Å²) >= 11 is 0. The second kappa shape index (κ2) is 5.13. The molecule has 0 bridgehead atoms. The molecular weight excluding hydrogens is 260 g/mol. The third-order valence-corrected chi connectivity index (χ3v) is 5.50. The number of hydrogen-bond donors (Lipinski definition) is 2. The molecule has 1 aliphatic carbocycles. The van der Waals surface area contributed by atoms with Crippen molar-refractivity contribution in [2.45, 2.75) is 44.0 Å². The molecule has 2 rings (SSSR count). The average Bonchev–Trinajstić information content (AvgIpc) is 2.69. The Bertz CT molecular complexity index is 552. The van der Waals surface area contributed by atoms with Gasteiger partial charge in [0.15, 0.2) is 0 Å². The van der Waals surface area contributed by atoms with Gasteiger partial charge in [-0.3, -0.25) is 0 Å². The van der Waals surface area contributed by atoms with Crippen LogP contribution in [0.2, 0.25) is 0 Å². The highest BCUT2D eigenvalue weighted by atomic mass is 32.2. The van der Waals surface area contributed by atoms with E-state index < -0.39 is 10.0 Å². The SMILES string of the molecule is CNS(=O)(=O)c1ccccc1NC1CCCC1(C)C. The minimum Gasteiger partial charge on any atom is -0.381 e. The molecule has 2 N–H and O–H groups in total. The zero-order valence-electron chi connectivity index (χ0n) is 11.7. The molecule has 0 spiro atoms. The van der Waals surface area contributed by atoms with Gasteiger partial charge >= 0.3 is 0 Å². The van der Waals surface area contributed by atoms with E-state index in [1.807, 2.05) is 12.1 Å². The minimum atomic E-state index is -3.42. The van der Waals surface area contributed by atoms with Gasteiger partial charge in [-0.25, -0.2) is 13.1 Å². The summed E-state index contributed by atoms with van der Waals surface area (Å²) in [7, 11) is -1.98. The summed E-state index contributed by atoms with van der Waals surface area (Å²) in [5, 5.41) is 3.42. The molecule has 0 heterocycles. The zero-order valence-corrected chi connectivity index (χ0v) is 12.5. The summed E-state index contributed by atoms with van der Waals surface area (Å²) < 4.78 is 26.4. The maximum Gasteiger partial charge on any atom is 0.242 e. The summed E-state index contributed by atoms with van der Waals surface area (Å²) in [4.78, 5) is 0.320. The standard InChI is InChI=1S/C14H22N2O2S/c1-14(2)10-6-9-13(14)16-11-7-4-5-8-12(11)19(17,18)15-3/h4-5,7-8,13,15-16H,6,9-10H2,1-3H3. The molecule has 1 atom stereocenters. The van der Waals surface area contributed by atoms with Crippen LogP contribution in [0.25, 0.3) is 0 Å². The third-order valence-electron chi connectivity index (χ3n) is 4.03. The van der Waals surface area contributed by atoms with Crippen LogP contribution in [0.5, 0.6) is 0 Å². The van der Waals surface area contributed by atoms with Crippen molar-refractivity contribution in [3.63, 3.8) is 0 Å². The van der Waals surface area contributed by atoms with Crippen molar-refractivity contribution in [3.05, 3.63) is 24.3 Å². The molecule has 1 unspecified atom stereocenters. The van der Waals surface area contributed by atoms with Gasteiger partial charge in [-0.2, -0.15) is 0 Å². The normalized spacial score (nSPS) is 22.4. The zero-order chi connectivity index (χ0) is 14.1. The lowest BCUT2D eigenvalue weighted by Crippen LogP contribution is -2.32. The first kappa shape index (κ1) is 14.3. The number of para-hydroxylation sites is 1. The van der Waals surface area contributed by atoms with E-state index >= 15 is 0 Å². The Morgan fingerprint density at radius 1 is 1.26 bits per heavy atom. The topological polar surface area (TPSA) is 58.2 Å². The highest BCUT2D eigenvalue weighted by molar-refractivity contribution is 7.89. The van der Waals surface area contributed by atoms with E-state index in [0.717, 1.165) is 6.42 Å². The summed E-state index contributed by atoms with van der Waals surface area (Å²) in [6.45, 7) is 4.46. The fourth-order valence-corrected chi connectivity index (χ4v) is 3.61. The lowest BCUT2D eigenvalue weighted by atomic mass is 9.87. The molecule has 1 aliphatic rings. The van der Waals surface area contributed by atoms with E-state index in [0.29, 0.717) is 16.6 Å². The Hall–Kier alpha value is -1.07. The summed E-state index contributed by atoms with van der Waals surface area (Å²) in [5.74, 6) is 0. The molecule has 106 valence electrons. The summed E-state index contributed by atoms with van der Waals surface area (Å²) in [6.07, 6.45) is 3.44. The number of sulfonamides is 1. The average molecular weight is 282 g/mol. The van der Waals surface area contributed by atoms with Crippen molar-refractivity contribution in [3.8, 4) is 0 Å². The van der Waals surface area contributed by atoms with E-state index in [-0.39, 0.29) is 5.41 Å². The number of hydrogen-bond acceptors (Lipinski definition) is 3. The molecule has 0 aromatic heterocycles. The van der Waals surface area contributed by atoms with E-state index in [1.165, 1.54) is 19.9 Å². The predicted molar refractivity (Wildman–Crippen MR) is 77.7 cm³/mol. The van der Waals surface area contributed by atoms with Gasteiger partial charge in [-0.1, -0.05) is 32.4 Å². The van der Waals surface area contributed by atoms with E-state index in [1.54, 1.807) is 12.1 Å². The van der Waals surface area contributed by atoms with Crippen LogP contribution in [0, 0.1) is 5.41 Å². The Balaban J connectivity index is 2.32. The Labute approximate surface area is 115 Å².